The van der Waals surface area contributed by atoms with E-state index in [1.54, 1.807) is 0 Å². The zero-order chi connectivity index (χ0) is 21.8. The molecule has 0 saturated carbocycles. The molecule has 0 radical (unpaired) electrons. The molecule has 0 spiro atoms. The van der Waals surface area contributed by atoms with Crippen LogP contribution in [-0.2, 0) is 13.0 Å². The highest BCUT2D eigenvalue weighted by atomic mass is 16.5. The summed E-state index contributed by atoms with van der Waals surface area (Å²) < 4.78 is 8.22. The van der Waals surface area contributed by atoms with Gasteiger partial charge in [0.25, 0.3) is 0 Å². The van der Waals surface area contributed by atoms with Gasteiger partial charge in [-0.15, -0.1) is 0 Å². The van der Waals surface area contributed by atoms with Crippen LogP contribution in [0.25, 0.3) is 16.9 Å². The van der Waals surface area contributed by atoms with Gasteiger partial charge in [-0.1, -0.05) is 79.7 Å². The Morgan fingerprint density at radius 2 is 1.52 bits per heavy atom. The third kappa shape index (κ3) is 3.97. The topological polar surface area (TPSA) is 51.5 Å². The van der Waals surface area contributed by atoms with Crippen LogP contribution in [0.2, 0.25) is 0 Å². The first-order valence-corrected chi connectivity index (χ1v) is 10.4. The molecule has 4 rings (SSSR count). The number of aromatic nitrogens is 1. The number of benzene rings is 3. The molecule has 0 saturated heterocycles. The van der Waals surface area contributed by atoms with Crippen LogP contribution in [0.5, 0.6) is 5.75 Å². The van der Waals surface area contributed by atoms with Crippen molar-refractivity contribution in [2.45, 2.75) is 26.9 Å². The van der Waals surface area contributed by atoms with Crippen LogP contribution < -0.4 is 4.74 Å². The van der Waals surface area contributed by atoms with Crippen LogP contribution in [0, 0.1) is 6.92 Å². The van der Waals surface area contributed by atoms with Crippen molar-refractivity contribution in [1.29, 1.82) is 0 Å². The molecule has 31 heavy (non-hydrogen) atoms. The summed E-state index contributed by atoms with van der Waals surface area (Å²) in [6, 6.07) is 27.5. The van der Waals surface area contributed by atoms with Gasteiger partial charge in [0.2, 0.25) is 0 Å². The summed E-state index contributed by atoms with van der Waals surface area (Å²) in [5, 5.41) is 10.1. The number of carbonyl (C=O) groups is 1. The van der Waals surface area contributed by atoms with Crippen molar-refractivity contribution in [3.63, 3.8) is 0 Å². The average Bonchev–Trinajstić information content (AvgIpc) is 3.11. The quantitative estimate of drug-likeness (QED) is 0.389. The highest BCUT2D eigenvalue weighted by molar-refractivity contribution is 5.98. The van der Waals surface area contributed by atoms with Crippen molar-refractivity contribution in [1.82, 2.24) is 4.57 Å². The number of carboxylic acid groups (broad SMARTS) is 1. The Bertz CT molecular complexity index is 1190. The first-order chi connectivity index (χ1) is 15.1. The predicted octanol–water partition coefficient (Wildman–Crippen LogP) is 6.29. The second-order valence-electron chi connectivity index (χ2n) is 7.39. The fourth-order valence-corrected chi connectivity index (χ4v) is 4.07. The minimum absolute atomic E-state index is 0.351. The number of hydrogen-bond donors (Lipinski definition) is 1. The molecular weight excluding hydrogens is 386 g/mol. The molecule has 3 aromatic carbocycles. The van der Waals surface area contributed by atoms with E-state index in [2.05, 4.69) is 0 Å². The number of ether oxygens (including phenoxy) is 1. The van der Waals surface area contributed by atoms with E-state index in [0.29, 0.717) is 30.0 Å². The summed E-state index contributed by atoms with van der Waals surface area (Å²) in [5.74, 6) is -0.207. The largest absolute Gasteiger partial charge is 0.487 e. The molecular formula is C27H25NO3. The van der Waals surface area contributed by atoms with Gasteiger partial charge in [0.05, 0.1) is 16.9 Å². The van der Waals surface area contributed by atoms with Crippen molar-refractivity contribution in [2.75, 3.05) is 0 Å². The minimum Gasteiger partial charge on any atom is -0.487 e. The van der Waals surface area contributed by atoms with Crippen molar-refractivity contribution in [3.8, 4) is 22.7 Å². The van der Waals surface area contributed by atoms with Crippen molar-refractivity contribution in [2.24, 2.45) is 0 Å². The van der Waals surface area contributed by atoms with Crippen molar-refractivity contribution < 1.29 is 14.6 Å². The van der Waals surface area contributed by atoms with E-state index in [9.17, 15) is 9.90 Å². The van der Waals surface area contributed by atoms with Crippen LogP contribution in [0.3, 0.4) is 0 Å². The molecule has 4 nitrogen and oxygen atoms in total. The second-order valence-corrected chi connectivity index (χ2v) is 7.39. The lowest BCUT2D eigenvalue weighted by molar-refractivity contribution is 0.0696. The number of para-hydroxylation sites is 2. The van der Waals surface area contributed by atoms with E-state index < -0.39 is 5.97 Å². The summed E-state index contributed by atoms with van der Waals surface area (Å²) >= 11 is 0. The zero-order valence-electron chi connectivity index (χ0n) is 17.7. The summed E-state index contributed by atoms with van der Waals surface area (Å²) in [5.41, 5.74) is 5.55. The molecule has 0 unspecified atom stereocenters. The Balaban J connectivity index is 1.90. The molecule has 4 aromatic rings. The summed E-state index contributed by atoms with van der Waals surface area (Å²) in [6.45, 7) is 4.41. The minimum atomic E-state index is -0.916. The Labute approximate surface area is 182 Å². The van der Waals surface area contributed by atoms with Crippen LogP contribution in [0.1, 0.15) is 34.1 Å². The van der Waals surface area contributed by atoms with Gasteiger partial charge in [0.1, 0.15) is 12.4 Å². The maximum atomic E-state index is 12.3. The van der Waals surface area contributed by atoms with Crippen LogP contribution in [0.15, 0.2) is 84.9 Å². The molecule has 1 heterocycles. The number of nitrogens with zero attached hydrogens (tertiary/aromatic N) is 1. The van der Waals surface area contributed by atoms with Gasteiger partial charge in [-0.3, -0.25) is 0 Å². The number of carboxylic acids is 1. The van der Waals surface area contributed by atoms with E-state index >= 15 is 0 Å². The van der Waals surface area contributed by atoms with E-state index in [0.717, 1.165) is 28.1 Å². The van der Waals surface area contributed by atoms with Gasteiger partial charge in [-0.2, -0.15) is 0 Å². The Hall–Kier alpha value is -3.79. The van der Waals surface area contributed by atoms with E-state index in [1.807, 2.05) is 103 Å². The fraction of sp³-hybridized carbons (Fsp3) is 0.148. The number of hydrogen-bond acceptors (Lipinski definition) is 2. The third-order valence-electron chi connectivity index (χ3n) is 5.49. The summed E-state index contributed by atoms with van der Waals surface area (Å²) in [7, 11) is 0. The smallest absolute Gasteiger partial charge is 0.338 e. The van der Waals surface area contributed by atoms with Crippen molar-refractivity contribution >= 4 is 5.97 Å². The second kappa shape index (κ2) is 8.92. The molecule has 0 aliphatic heterocycles. The van der Waals surface area contributed by atoms with E-state index in [-0.39, 0.29) is 0 Å². The van der Waals surface area contributed by atoms with Gasteiger partial charge >= 0.3 is 5.97 Å². The maximum Gasteiger partial charge on any atom is 0.338 e. The average molecular weight is 412 g/mol. The first-order valence-electron chi connectivity index (χ1n) is 10.4. The number of rotatable bonds is 7. The lowest BCUT2D eigenvalue weighted by atomic mass is 10.0. The highest BCUT2D eigenvalue weighted by Gasteiger charge is 2.27. The van der Waals surface area contributed by atoms with Crippen LogP contribution >= 0.6 is 0 Å². The first kappa shape index (κ1) is 20.5. The Morgan fingerprint density at radius 3 is 2.16 bits per heavy atom. The Kier molecular flexibility index (Phi) is 5.89. The molecule has 0 fully saturated rings. The molecule has 4 heteroatoms. The zero-order valence-corrected chi connectivity index (χ0v) is 17.7. The molecule has 1 aromatic heterocycles. The monoisotopic (exact) mass is 411 g/mol. The molecule has 0 aliphatic carbocycles. The lowest BCUT2D eigenvalue weighted by Gasteiger charge is -2.17. The van der Waals surface area contributed by atoms with Gasteiger partial charge in [0, 0.05) is 5.69 Å². The Morgan fingerprint density at radius 1 is 0.903 bits per heavy atom. The van der Waals surface area contributed by atoms with Gasteiger partial charge in [0.15, 0.2) is 0 Å². The van der Waals surface area contributed by atoms with E-state index in [1.165, 1.54) is 0 Å². The van der Waals surface area contributed by atoms with Crippen molar-refractivity contribution in [3.05, 3.63) is 107 Å². The molecule has 156 valence electrons. The predicted molar refractivity (Wildman–Crippen MR) is 123 cm³/mol. The molecule has 0 bridgehead atoms. The van der Waals surface area contributed by atoms with Crippen LogP contribution in [-0.4, -0.2) is 15.6 Å². The molecule has 0 aliphatic rings. The van der Waals surface area contributed by atoms with Gasteiger partial charge < -0.3 is 14.4 Å². The highest BCUT2D eigenvalue weighted by Crippen LogP contribution is 2.37. The van der Waals surface area contributed by atoms with Gasteiger partial charge in [-0.05, 0) is 42.2 Å². The fourth-order valence-electron chi connectivity index (χ4n) is 4.07. The van der Waals surface area contributed by atoms with Crippen LogP contribution in [0.4, 0.5) is 0 Å². The molecule has 0 atom stereocenters. The molecule has 0 amide bonds. The molecule has 1 N–H and O–H groups in total. The van der Waals surface area contributed by atoms with Gasteiger partial charge in [-0.25, -0.2) is 4.79 Å². The van der Waals surface area contributed by atoms with E-state index in [4.69, 9.17) is 4.74 Å². The maximum absolute atomic E-state index is 12.3. The number of aromatic carboxylic acids is 1. The lowest BCUT2D eigenvalue weighted by Crippen LogP contribution is -2.06. The normalized spacial score (nSPS) is 10.8. The third-order valence-corrected chi connectivity index (χ3v) is 5.49. The SMILES string of the molecule is CCc1c(C(=O)O)c(-c2ccccc2)n(-c2ccccc2OCc2ccccc2)c1C. The standard InChI is InChI=1S/C27H25NO3/c1-3-22-19(2)28(26(25(22)27(29)30)21-14-8-5-9-15-21)23-16-10-11-17-24(23)31-18-20-12-6-4-7-13-20/h4-17H,3,18H2,1-2H3,(H,29,30). The summed E-state index contributed by atoms with van der Waals surface area (Å²) in [4.78, 5) is 12.3. The summed E-state index contributed by atoms with van der Waals surface area (Å²) in [6.07, 6.45) is 0.632.